The van der Waals surface area contributed by atoms with Crippen LogP contribution in [0.25, 0.3) is 67.2 Å². The van der Waals surface area contributed by atoms with E-state index in [9.17, 15) is 0 Å². The van der Waals surface area contributed by atoms with Gasteiger partial charge in [-0.2, -0.15) is 0 Å². The summed E-state index contributed by atoms with van der Waals surface area (Å²) in [6.45, 7) is 0. The fraction of sp³-hybridized carbons (Fsp3) is 0. The van der Waals surface area contributed by atoms with Gasteiger partial charge in [0.05, 0.1) is 9.79 Å². The highest BCUT2D eigenvalue weighted by molar-refractivity contribution is 7.99. The molecule has 0 spiro atoms. The molecule has 0 saturated heterocycles. The third-order valence-electron chi connectivity index (χ3n) is 8.00. The maximum atomic E-state index is 6.61. The van der Waals surface area contributed by atoms with E-state index in [2.05, 4.69) is 54.6 Å². The molecule has 0 saturated carbocycles. The van der Waals surface area contributed by atoms with Crippen molar-refractivity contribution in [1.29, 1.82) is 0 Å². The molecule has 1 aliphatic rings. The van der Waals surface area contributed by atoms with Gasteiger partial charge < -0.3 is 9.15 Å². The van der Waals surface area contributed by atoms with E-state index in [4.69, 9.17) is 24.1 Å². The number of nitrogens with zero attached hydrogens (tertiary/aromatic N) is 3. The fourth-order valence-corrected chi connectivity index (χ4v) is 6.73. The van der Waals surface area contributed by atoms with E-state index in [0.717, 1.165) is 71.0 Å². The van der Waals surface area contributed by atoms with Gasteiger partial charge in [0.15, 0.2) is 17.5 Å². The Kier molecular flexibility index (Phi) is 5.99. The summed E-state index contributed by atoms with van der Waals surface area (Å²) < 4.78 is 12.9. The summed E-state index contributed by atoms with van der Waals surface area (Å²) >= 11 is 1.73. The van der Waals surface area contributed by atoms with Crippen LogP contribution in [0.4, 0.5) is 0 Å². The molecule has 1 aliphatic heterocycles. The number of ether oxygens (including phenoxy) is 1. The summed E-state index contributed by atoms with van der Waals surface area (Å²) in [6.07, 6.45) is 0. The van der Waals surface area contributed by atoms with Gasteiger partial charge in [-0.05, 0) is 42.0 Å². The number of benzene rings is 6. The van der Waals surface area contributed by atoms with Crippen LogP contribution in [0.3, 0.4) is 0 Å². The highest BCUT2D eigenvalue weighted by Crippen LogP contribution is 2.48. The number of aromatic nitrogens is 3. The van der Waals surface area contributed by atoms with Gasteiger partial charge >= 0.3 is 0 Å². The first kappa shape index (κ1) is 25.7. The molecular formula is C39H23N3O2S. The lowest BCUT2D eigenvalue weighted by molar-refractivity contribution is 0.455. The SMILES string of the molecule is c1ccc(-c2nc(-c3ccccc3)nc(-c3ccc4c(c3)oc3c(-c5ccc6c(c5)Oc5ccccc5S6)cccc34)n2)cc1. The minimum absolute atomic E-state index is 0.593. The Morgan fingerprint density at radius 1 is 0.444 bits per heavy atom. The molecule has 0 radical (unpaired) electrons. The molecule has 5 nitrogen and oxygen atoms in total. The number of para-hydroxylation sites is 2. The molecule has 8 aromatic rings. The number of hydrogen-bond acceptors (Lipinski definition) is 6. The van der Waals surface area contributed by atoms with Crippen LogP contribution in [0.5, 0.6) is 11.5 Å². The van der Waals surface area contributed by atoms with Crippen molar-refractivity contribution in [3.05, 3.63) is 140 Å². The average molecular weight is 598 g/mol. The molecule has 6 aromatic carbocycles. The van der Waals surface area contributed by atoms with Crippen molar-refractivity contribution >= 4 is 33.7 Å². The molecule has 0 amide bonds. The minimum atomic E-state index is 0.593. The first-order chi connectivity index (χ1) is 22.3. The normalized spacial score (nSPS) is 12.1. The minimum Gasteiger partial charge on any atom is -0.455 e. The lowest BCUT2D eigenvalue weighted by Crippen LogP contribution is -2.00. The number of furan rings is 1. The van der Waals surface area contributed by atoms with Gasteiger partial charge in [-0.15, -0.1) is 0 Å². The second-order valence-corrected chi connectivity index (χ2v) is 11.9. The lowest BCUT2D eigenvalue weighted by atomic mass is 10.0. The number of fused-ring (bicyclic) bond motifs is 5. The molecule has 0 aliphatic carbocycles. The summed E-state index contributed by atoms with van der Waals surface area (Å²) in [5.74, 6) is 3.58. The Labute approximate surface area is 263 Å². The lowest BCUT2D eigenvalue weighted by Gasteiger charge is -2.20. The first-order valence-corrected chi connectivity index (χ1v) is 15.5. The predicted molar refractivity (Wildman–Crippen MR) is 179 cm³/mol. The number of rotatable bonds is 4. The van der Waals surface area contributed by atoms with E-state index in [1.807, 2.05) is 84.9 Å². The highest BCUT2D eigenvalue weighted by atomic mass is 32.2. The van der Waals surface area contributed by atoms with Crippen molar-refractivity contribution in [2.75, 3.05) is 0 Å². The molecule has 9 rings (SSSR count). The Morgan fingerprint density at radius 3 is 1.84 bits per heavy atom. The van der Waals surface area contributed by atoms with Crippen LogP contribution in [0, 0.1) is 0 Å². The summed E-state index contributed by atoms with van der Waals surface area (Å²) in [5, 5.41) is 2.09. The highest BCUT2D eigenvalue weighted by Gasteiger charge is 2.20. The average Bonchev–Trinajstić information content (AvgIpc) is 3.49. The molecule has 45 heavy (non-hydrogen) atoms. The summed E-state index contributed by atoms with van der Waals surface area (Å²) in [6, 6.07) is 47.0. The zero-order chi connectivity index (χ0) is 29.7. The van der Waals surface area contributed by atoms with Gasteiger partial charge in [0, 0.05) is 33.0 Å². The molecular weight excluding hydrogens is 575 g/mol. The molecule has 3 heterocycles. The molecule has 0 fully saturated rings. The molecule has 0 N–H and O–H groups in total. The summed E-state index contributed by atoms with van der Waals surface area (Å²) in [4.78, 5) is 16.9. The van der Waals surface area contributed by atoms with Gasteiger partial charge in [-0.3, -0.25) is 0 Å². The van der Waals surface area contributed by atoms with Crippen LogP contribution < -0.4 is 4.74 Å². The van der Waals surface area contributed by atoms with E-state index >= 15 is 0 Å². The quantitative estimate of drug-likeness (QED) is 0.201. The topological polar surface area (TPSA) is 61.0 Å². The summed E-state index contributed by atoms with van der Waals surface area (Å²) in [7, 11) is 0. The van der Waals surface area contributed by atoms with Gasteiger partial charge in [-0.25, -0.2) is 15.0 Å². The Bertz CT molecular complexity index is 2330. The van der Waals surface area contributed by atoms with Crippen molar-refractivity contribution in [3.63, 3.8) is 0 Å². The van der Waals surface area contributed by atoms with E-state index in [0.29, 0.717) is 17.5 Å². The third-order valence-corrected chi connectivity index (χ3v) is 9.11. The zero-order valence-corrected chi connectivity index (χ0v) is 24.7. The van der Waals surface area contributed by atoms with Crippen molar-refractivity contribution < 1.29 is 9.15 Å². The van der Waals surface area contributed by atoms with E-state index in [1.165, 1.54) is 0 Å². The molecule has 0 unspecified atom stereocenters. The fourth-order valence-electron chi connectivity index (χ4n) is 5.80. The van der Waals surface area contributed by atoms with Crippen LogP contribution in [-0.4, -0.2) is 15.0 Å². The largest absolute Gasteiger partial charge is 0.455 e. The van der Waals surface area contributed by atoms with Gasteiger partial charge in [-0.1, -0.05) is 115 Å². The zero-order valence-electron chi connectivity index (χ0n) is 23.8. The monoisotopic (exact) mass is 597 g/mol. The van der Waals surface area contributed by atoms with E-state index < -0.39 is 0 Å². The number of hydrogen-bond donors (Lipinski definition) is 0. The smallest absolute Gasteiger partial charge is 0.164 e. The van der Waals surface area contributed by atoms with Crippen molar-refractivity contribution in [3.8, 4) is 56.8 Å². The van der Waals surface area contributed by atoms with Crippen LogP contribution in [0.1, 0.15) is 0 Å². The molecule has 2 aromatic heterocycles. The maximum Gasteiger partial charge on any atom is 0.164 e. The van der Waals surface area contributed by atoms with Crippen LogP contribution in [-0.2, 0) is 0 Å². The molecule has 6 heteroatoms. The first-order valence-electron chi connectivity index (χ1n) is 14.7. The van der Waals surface area contributed by atoms with Gasteiger partial charge in [0.1, 0.15) is 22.7 Å². The standard InChI is InChI=1S/C39H23N3O2S/c1-3-10-24(11-4-1)37-40-38(25-12-5-2-6-13-25)42-39(41-37)27-18-20-29-30-15-9-14-28(36(30)44-32(29)23-27)26-19-21-35-33(22-26)43-31-16-7-8-17-34(31)45-35/h1-23H. The van der Waals surface area contributed by atoms with Crippen molar-refractivity contribution in [1.82, 2.24) is 15.0 Å². The van der Waals surface area contributed by atoms with Crippen LogP contribution in [0.2, 0.25) is 0 Å². The predicted octanol–water partition coefficient (Wildman–Crippen LogP) is 10.7. The van der Waals surface area contributed by atoms with Crippen LogP contribution in [0.15, 0.2) is 154 Å². The second-order valence-electron chi connectivity index (χ2n) is 10.8. The van der Waals surface area contributed by atoms with Gasteiger partial charge in [0.2, 0.25) is 0 Å². The second kappa shape index (κ2) is 10.5. The molecule has 212 valence electrons. The summed E-state index contributed by atoms with van der Waals surface area (Å²) in [5.41, 5.74) is 6.38. The Morgan fingerprint density at radius 2 is 1.09 bits per heavy atom. The van der Waals surface area contributed by atoms with Crippen LogP contribution >= 0.6 is 11.8 Å². The Balaban J connectivity index is 1.15. The van der Waals surface area contributed by atoms with Crippen molar-refractivity contribution in [2.45, 2.75) is 9.79 Å². The molecule has 0 bridgehead atoms. The Hall–Kier alpha value is -5.72. The van der Waals surface area contributed by atoms with Gasteiger partial charge in [0.25, 0.3) is 0 Å². The van der Waals surface area contributed by atoms with E-state index in [-0.39, 0.29) is 0 Å². The third kappa shape index (κ3) is 4.55. The van der Waals surface area contributed by atoms with E-state index in [1.54, 1.807) is 11.8 Å². The van der Waals surface area contributed by atoms with Crippen molar-refractivity contribution in [2.24, 2.45) is 0 Å². The molecule has 0 atom stereocenters. The maximum absolute atomic E-state index is 6.61.